The Morgan fingerprint density at radius 1 is 1.04 bits per heavy atom. The molecular formula is C20H21F4N3O. The summed E-state index contributed by atoms with van der Waals surface area (Å²) in [5.41, 5.74) is 0.918. The molecule has 1 saturated heterocycles. The van der Waals surface area contributed by atoms with E-state index in [1.807, 2.05) is 4.90 Å². The van der Waals surface area contributed by atoms with Crippen molar-refractivity contribution in [2.24, 2.45) is 0 Å². The van der Waals surface area contributed by atoms with Crippen LogP contribution >= 0.6 is 0 Å². The van der Waals surface area contributed by atoms with Gasteiger partial charge in [0.15, 0.2) is 0 Å². The number of amides is 1. The van der Waals surface area contributed by atoms with E-state index in [0.29, 0.717) is 5.69 Å². The molecule has 1 heterocycles. The summed E-state index contributed by atoms with van der Waals surface area (Å²) in [7, 11) is 0. The molecule has 8 heteroatoms. The highest BCUT2D eigenvalue weighted by molar-refractivity contribution is 5.83. The number of alkyl halides is 3. The number of anilines is 2. The molecule has 1 amide bonds. The number of nitrogens with one attached hydrogen (secondary N) is 2. The maximum absolute atomic E-state index is 13.1. The molecule has 1 aliphatic heterocycles. The van der Waals surface area contributed by atoms with E-state index in [4.69, 9.17) is 0 Å². The molecular weight excluding hydrogens is 374 g/mol. The molecule has 3 rings (SSSR count). The highest BCUT2D eigenvalue weighted by Crippen LogP contribution is 2.36. The van der Waals surface area contributed by atoms with Gasteiger partial charge in [0.2, 0.25) is 5.91 Å². The second-order valence-corrected chi connectivity index (χ2v) is 6.68. The van der Waals surface area contributed by atoms with Crippen molar-refractivity contribution in [1.82, 2.24) is 5.32 Å². The first-order valence-electron chi connectivity index (χ1n) is 9.04. The third-order valence-corrected chi connectivity index (χ3v) is 4.61. The Labute approximate surface area is 160 Å². The number of carbonyl (C=O) groups is 1. The molecule has 150 valence electrons. The van der Waals surface area contributed by atoms with Gasteiger partial charge in [-0.25, -0.2) is 4.39 Å². The first-order valence-corrected chi connectivity index (χ1v) is 9.04. The van der Waals surface area contributed by atoms with Gasteiger partial charge in [0, 0.05) is 19.6 Å². The quantitative estimate of drug-likeness (QED) is 0.722. The fraction of sp³-hybridized carbons (Fsp3) is 0.350. The van der Waals surface area contributed by atoms with Crippen LogP contribution in [-0.4, -0.2) is 25.5 Å². The average Bonchev–Trinajstić information content (AvgIpc) is 3.19. The Bertz CT molecular complexity index is 815. The SMILES string of the molecule is O=C(CNc1cc(C(F)(F)F)ccc1N1CCCC1)NCc1ccc(F)cc1. The summed E-state index contributed by atoms with van der Waals surface area (Å²) < 4.78 is 52.1. The Morgan fingerprint density at radius 3 is 2.36 bits per heavy atom. The van der Waals surface area contributed by atoms with Crippen LogP contribution in [-0.2, 0) is 17.5 Å². The predicted octanol–water partition coefficient (Wildman–Crippen LogP) is 4.17. The minimum Gasteiger partial charge on any atom is -0.374 e. The van der Waals surface area contributed by atoms with Crippen LogP contribution in [0.5, 0.6) is 0 Å². The van der Waals surface area contributed by atoms with Crippen LogP contribution in [0.25, 0.3) is 0 Å². The van der Waals surface area contributed by atoms with Crippen LogP contribution in [0.3, 0.4) is 0 Å². The molecule has 2 aromatic rings. The fourth-order valence-electron chi connectivity index (χ4n) is 3.13. The molecule has 0 radical (unpaired) electrons. The number of nitrogens with zero attached hydrogens (tertiary/aromatic N) is 1. The maximum Gasteiger partial charge on any atom is 0.416 e. The largest absolute Gasteiger partial charge is 0.416 e. The van der Waals surface area contributed by atoms with Gasteiger partial charge >= 0.3 is 6.18 Å². The molecule has 0 bridgehead atoms. The standard InChI is InChI=1S/C20H21F4N3O/c21-16-6-3-14(4-7-16)12-26-19(28)13-25-17-11-15(20(22,23)24)5-8-18(17)27-9-1-2-10-27/h3-8,11,25H,1-2,9-10,12-13H2,(H,26,28). The van der Waals surface area contributed by atoms with E-state index in [2.05, 4.69) is 10.6 Å². The lowest BCUT2D eigenvalue weighted by Crippen LogP contribution is -2.30. The van der Waals surface area contributed by atoms with Crippen LogP contribution in [0.1, 0.15) is 24.0 Å². The van der Waals surface area contributed by atoms with E-state index in [1.165, 1.54) is 18.2 Å². The van der Waals surface area contributed by atoms with Crippen LogP contribution in [0.2, 0.25) is 0 Å². The third kappa shape index (κ3) is 5.15. The third-order valence-electron chi connectivity index (χ3n) is 4.61. The zero-order valence-corrected chi connectivity index (χ0v) is 15.2. The van der Waals surface area contributed by atoms with Crippen molar-refractivity contribution in [3.8, 4) is 0 Å². The van der Waals surface area contributed by atoms with Gasteiger partial charge in [-0.05, 0) is 48.7 Å². The second-order valence-electron chi connectivity index (χ2n) is 6.68. The molecule has 2 N–H and O–H groups in total. The predicted molar refractivity (Wildman–Crippen MR) is 99.6 cm³/mol. The van der Waals surface area contributed by atoms with Crippen molar-refractivity contribution in [2.45, 2.75) is 25.6 Å². The number of hydrogen-bond donors (Lipinski definition) is 2. The summed E-state index contributed by atoms with van der Waals surface area (Å²) in [6.45, 7) is 1.60. The molecule has 0 aliphatic carbocycles. The van der Waals surface area contributed by atoms with Crippen LogP contribution in [0, 0.1) is 5.82 Å². The molecule has 0 aromatic heterocycles. The molecule has 0 spiro atoms. The molecule has 0 unspecified atom stereocenters. The van der Waals surface area contributed by atoms with Crippen molar-refractivity contribution >= 4 is 17.3 Å². The molecule has 1 aliphatic rings. The number of halogens is 4. The fourth-order valence-corrected chi connectivity index (χ4v) is 3.13. The molecule has 2 aromatic carbocycles. The van der Waals surface area contributed by atoms with Crippen molar-refractivity contribution in [2.75, 3.05) is 29.9 Å². The van der Waals surface area contributed by atoms with Gasteiger partial charge in [-0.3, -0.25) is 4.79 Å². The summed E-state index contributed by atoms with van der Waals surface area (Å²) in [4.78, 5) is 14.1. The minimum atomic E-state index is -4.45. The molecule has 0 atom stereocenters. The monoisotopic (exact) mass is 395 g/mol. The van der Waals surface area contributed by atoms with Gasteiger partial charge in [0.1, 0.15) is 5.82 Å². The van der Waals surface area contributed by atoms with Crippen LogP contribution < -0.4 is 15.5 Å². The van der Waals surface area contributed by atoms with Gasteiger partial charge in [0.25, 0.3) is 0 Å². The first kappa shape index (κ1) is 20.0. The van der Waals surface area contributed by atoms with Crippen LogP contribution in [0.15, 0.2) is 42.5 Å². The van der Waals surface area contributed by atoms with Crippen molar-refractivity contribution in [1.29, 1.82) is 0 Å². The zero-order chi connectivity index (χ0) is 20.1. The van der Waals surface area contributed by atoms with E-state index in [-0.39, 0.29) is 30.5 Å². The molecule has 28 heavy (non-hydrogen) atoms. The number of hydrogen-bond acceptors (Lipinski definition) is 3. The van der Waals surface area contributed by atoms with Crippen LogP contribution in [0.4, 0.5) is 28.9 Å². The van der Waals surface area contributed by atoms with Gasteiger partial charge < -0.3 is 15.5 Å². The summed E-state index contributed by atoms with van der Waals surface area (Å²) >= 11 is 0. The molecule has 0 saturated carbocycles. The lowest BCUT2D eigenvalue weighted by molar-refractivity contribution is -0.137. The highest BCUT2D eigenvalue weighted by atomic mass is 19.4. The van der Waals surface area contributed by atoms with Crippen molar-refractivity contribution < 1.29 is 22.4 Å². The van der Waals surface area contributed by atoms with Gasteiger partial charge in [-0.2, -0.15) is 13.2 Å². The summed E-state index contributed by atoms with van der Waals surface area (Å²) in [6, 6.07) is 9.26. The minimum absolute atomic E-state index is 0.163. The normalized spacial score (nSPS) is 14.2. The molecule has 4 nitrogen and oxygen atoms in total. The van der Waals surface area contributed by atoms with Gasteiger partial charge in [0.05, 0.1) is 23.5 Å². The Kier molecular flexibility index (Phi) is 6.06. The van der Waals surface area contributed by atoms with E-state index in [1.54, 1.807) is 12.1 Å². The van der Waals surface area contributed by atoms with Gasteiger partial charge in [-0.15, -0.1) is 0 Å². The van der Waals surface area contributed by atoms with E-state index in [0.717, 1.165) is 43.6 Å². The number of rotatable bonds is 6. The zero-order valence-electron chi connectivity index (χ0n) is 15.2. The lowest BCUT2D eigenvalue weighted by atomic mass is 10.1. The second kappa shape index (κ2) is 8.50. The summed E-state index contributed by atoms with van der Waals surface area (Å²) in [6.07, 6.45) is -2.48. The maximum atomic E-state index is 13.1. The van der Waals surface area contributed by atoms with E-state index in [9.17, 15) is 22.4 Å². The number of carbonyl (C=O) groups excluding carboxylic acids is 1. The number of benzene rings is 2. The summed E-state index contributed by atoms with van der Waals surface area (Å²) in [5.74, 6) is -0.732. The highest BCUT2D eigenvalue weighted by Gasteiger charge is 2.31. The van der Waals surface area contributed by atoms with E-state index >= 15 is 0 Å². The Hall–Kier alpha value is -2.77. The topological polar surface area (TPSA) is 44.4 Å². The lowest BCUT2D eigenvalue weighted by Gasteiger charge is -2.23. The summed E-state index contributed by atoms with van der Waals surface area (Å²) in [5, 5.41) is 5.50. The van der Waals surface area contributed by atoms with E-state index < -0.39 is 11.7 Å². The Balaban J connectivity index is 1.65. The smallest absolute Gasteiger partial charge is 0.374 e. The Morgan fingerprint density at radius 2 is 1.71 bits per heavy atom. The van der Waals surface area contributed by atoms with Crippen molar-refractivity contribution in [3.05, 3.63) is 59.4 Å². The van der Waals surface area contributed by atoms with Gasteiger partial charge in [-0.1, -0.05) is 12.1 Å². The molecule has 1 fully saturated rings. The van der Waals surface area contributed by atoms with Crippen molar-refractivity contribution in [3.63, 3.8) is 0 Å². The first-order chi connectivity index (χ1) is 13.3. The average molecular weight is 395 g/mol.